The summed E-state index contributed by atoms with van der Waals surface area (Å²) in [7, 11) is 0. The van der Waals surface area contributed by atoms with Crippen molar-refractivity contribution in [2.45, 2.75) is 39.2 Å². The minimum absolute atomic E-state index is 0.108. The monoisotopic (exact) mass is 442 g/mol. The Kier molecular flexibility index (Phi) is 6.44. The molecule has 3 heterocycles. The van der Waals surface area contributed by atoms with E-state index in [0.717, 1.165) is 34.4 Å². The molecule has 168 valence electrons. The lowest BCUT2D eigenvalue weighted by Crippen LogP contribution is -2.21. The smallest absolute Gasteiger partial charge is 0.248 e. The summed E-state index contributed by atoms with van der Waals surface area (Å²) in [6.45, 7) is 6.30. The highest BCUT2D eigenvalue weighted by Crippen LogP contribution is 2.25. The fourth-order valence-electron chi connectivity index (χ4n) is 3.29. The number of nitrogens with zero attached hydrogens (tertiary/aromatic N) is 5. The number of nitrogens with one attached hydrogen (secondary N) is 1. The van der Waals surface area contributed by atoms with E-state index >= 15 is 0 Å². The Morgan fingerprint density at radius 1 is 1.12 bits per heavy atom. The van der Waals surface area contributed by atoms with Gasteiger partial charge in [0.2, 0.25) is 18.2 Å². The number of pyridine rings is 1. The van der Waals surface area contributed by atoms with Gasteiger partial charge in [-0.3, -0.25) is 14.5 Å². The largest absolute Gasteiger partial charge is 0.428 e. The van der Waals surface area contributed by atoms with Crippen molar-refractivity contribution in [1.82, 2.24) is 25.0 Å². The Morgan fingerprint density at radius 2 is 1.94 bits per heavy atom. The Balaban J connectivity index is 1.39. The Hall–Kier alpha value is -4.07. The third-order valence-electron chi connectivity index (χ3n) is 5.10. The molecule has 0 radical (unpaired) electrons. The predicted octanol–water partition coefficient (Wildman–Crippen LogP) is 4.52. The molecular formula is C25H26N6O2. The summed E-state index contributed by atoms with van der Waals surface area (Å²) in [5, 5.41) is 14.9. The van der Waals surface area contributed by atoms with Gasteiger partial charge in [-0.2, -0.15) is 5.10 Å². The summed E-state index contributed by atoms with van der Waals surface area (Å²) in [4.78, 5) is 16.7. The van der Waals surface area contributed by atoms with Crippen LogP contribution in [0.15, 0.2) is 72.0 Å². The number of hydrogen-bond acceptors (Lipinski definition) is 6. The molecular weight excluding hydrogens is 416 g/mol. The number of amides is 1. The highest BCUT2D eigenvalue weighted by molar-refractivity contribution is 6.02. The summed E-state index contributed by atoms with van der Waals surface area (Å²) < 4.78 is 7.08. The average Bonchev–Trinajstić information content (AvgIpc) is 3.50. The average molecular weight is 443 g/mol. The van der Waals surface area contributed by atoms with Crippen molar-refractivity contribution in [2.75, 3.05) is 5.32 Å². The van der Waals surface area contributed by atoms with E-state index in [2.05, 4.69) is 46.4 Å². The standard InChI is InChI=1S/C25H26N6O2/c1-25(2,3)31-16-20(15-28-31)22-12-13-26-14-19(22)7-10-23(32)29-21-8-4-18(5-9-21)6-11-24-30-27-17-33-24/h4-5,7-10,12-17H,6,11H2,1-3H3,(H,29,32). The van der Waals surface area contributed by atoms with Gasteiger partial charge in [-0.15, -0.1) is 10.2 Å². The third-order valence-corrected chi connectivity index (χ3v) is 5.10. The molecule has 1 amide bonds. The summed E-state index contributed by atoms with van der Waals surface area (Å²) >= 11 is 0. The number of rotatable bonds is 7. The van der Waals surface area contributed by atoms with E-state index in [1.165, 1.54) is 12.5 Å². The SMILES string of the molecule is CC(C)(C)n1cc(-c2ccncc2C=CC(=O)Nc2ccc(CCc3nnco3)cc2)cn1. The predicted molar refractivity (Wildman–Crippen MR) is 126 cm³/mol. The van der Waals surface area contributed by atoms with E-state index in [-0.39, 0.29) is 11.4 Å². The minimum Gasteiger partial charge on any atom is -0.428 e. The lowest BCUT2D eigenvalue weighted by Gasteiger charge is -2.18. The van der Waals surface area contributed by atoms with Crippen molar-refractivity contribution in [2.24, 2.45) is 0 Å². The normalized spacial score (nSPS) is 11.7. The molecule has 4 rings (SSSR count). The summed E-state index contributed by atoms with van der Waals surface area (Å²) in [6.07, 6.45) is 13.4. The minimum atomic E-state index is -0.214. The molecule has 0 spiro atoms. The van der Waals surface area contributed by atoms with E-state index in [1.54, 1.807) is 18.5 Å². The molecule has 33 heavy (non-hydrogen) atoms. The van der Waals surface area contributed by atoms with Crippen LogP contribution in [0.1, 0.15) is 37.8 Å². The zero-order valence-corrected chi connectivity index (χ0v) is 18.9. The third kappa shape index (κ3) is 5.79. The van der Waals surface area contributed by atoms with Gasteiger partial charge in [0.05, 0.1) is 11.7 Å². The number of carbonyl (C=O) groups excluding carboxylic acids is 1. The van der Waals surface area contributed by atoms with Crippen LogP contribution in [0.4, 0.5) is 5.69 Å². The maximum Gasteiger partial charge on any atom is 0.248 e. The molecule has 0 saturated heterocycles. The van der Waals surface area contributed by atoms with Crippen molar-refractivity contribution in [3.05, 3.63) is 84.6 Å². The Labute approximate surface area is 192 Å². The zero-order valence-electron chi connectivity index (χ0n) is 18.9. The molecule has 0 bridgehead atoms. The molecule has 0 aliphatic heterocycles. The van der Waals surface area contributed by atoms with E-state index in [4.69, 9.17) is 4.42 Å². The summed E-state index contributed by atoms with van der Waals surface area (Å²) in [5.41, 5.74) is 4.53. The molecule has 4 aromatic rings. The quantitative estimate of drug-likeness (QED) is 0.423. The summed E-state index contributed by atoms with van der Waals surface area (Å²) in [6, 6.07) is 9.63. The molecule has 8 heteroatoms. The van der Waals surface area contributed by atoms with Gasteiger partial charge in [-0.25, -0.2) is 0 Å². The van der Waals surface area contributed by atoms with Crippen molar-refractivity contribution >= 4 is 17.7 Å². The fourth-order valence-corrected chi connectivity index (χ4v) is 3.29. The summed E-state index contributed by atoms with van der Waals surface area (Å²) in [5.74, 6) is 0.395. The Morgan fingerprint density at radius 3 is 2.64 bits per heavy atom. The van der Waals surface area contributed by atoms with Crippen LogP contribution in [0.3, 0.4) is 0 Å². The second-order valence-electron chi connectivity index (χ2n) is 8.66. The lowest BCUT2D eigenvalue weighted by molar-refractivity contribution is -0.111. The van der Waals surface area contributed by atoms with E-state index in [1.807, 2.05) is 47.4 Å². The van der Waals surface area contributed by atoms with Crippen LogP contribution in [0.2, 0.25) is 0 Å². The van der Waals surface area contributed by atoms with Gasteiger partial charge in [0.25, 0.3) is 0 Å². The van der Waals surface area contributed by atoms with Gasteiger partial charge in [0.15, 0.2) is 0 Å². The molecule has 0 fully saturated rings. The molecule has 1 N–H and O–H groups in total. The highest BCUT2D eigenvalue weighted by atomic mass is 16.4. The number of aromatic nitrogens is 5. The first-order chi connectivity index (χ1) is 15.9. The van der Waals surface area contributed by atoms with Crippen LogP contribution in [0, 0.1) is 0 Å². The molecule has 3 aromatic heterocycles. The van der Waals surface area contributed by atoms with Crippen molar-refractivity contribution < 1.29 is 9.21 Å². The zero-order chi connectivity index (χ0) is 23.3. The first-order valence-corrected chi connectivity index (χ1v) is 10.7. The van der Waals surface area contributed by atoms with E-state index < -0.39 is 0 Å². The molecule has 8 nitrogen and oxygen atoms in total. The fraction of sp³-hybridized carbons (Fsp3) is 0.240. The van der Waals surface area contributed by atoms with Crippen LogP contribution < -0.4 is 5.32 Å². The van der Waals surface area contributed by atoms with Crippen LogP contribution in [0.25, 0.3) is 17.2 Å². The molecule has 0 atom stereocenters. The van der Waals surface area contributed by atoms with Crippen molar-refractivity contribution in [1.29, 1.82) is 0 Å². The molecule has 1 aromatic carbocycles. The maximum absolute atomic E-state index is 12.5. The van der Waals surface area contributed by atoms with Gasteiger partial charge in [0, 0.05) is 47.9 Å². The number of carbonyl (C=O) groups is 1. The van der Waals surface area contributed by atoms with E-state index in [0.29, 0.717) is 12.3 Å². The number of aryl methyl sites for hydroxylation is 2. The second kappa shape index (κ2) is 9.60. The topological polar surface area (TPSA) is 98.7 Å². The van der Waals surface area contributed by atoms with Gasteiger partial charge < -0.3 is 9.73 Å². The van der Waals surface area contributed by atoms with Crippen LogP contribution in [-0.2, 0) is 23.2 Å². The highest BCUT2D eigenvalue weighted by Gasteiger charge is 2.15. The van der Waals surface area contributed by atoms with Crippen molar-refractivity contribution in [3.63, 3.8) is 0 Å². The lowest BCUT2D eigenvalue weighted by atomic mass is 10.0. The van der Waals surface area contributed by atoms with Gasteiger partial charge in [0.1, 0.15) is 0 Å². The second-order valence-corrected chi connectivity index (χ2v) is 8.66. The van der Waals surface area contributed by atoms with Crippen LogP contribution in [-0.4, -0.2) is 30.9 Å². The number of anilines is 1. The van der Waals surface area contributed by atoms with Crippen LogP contribution in [0.5, 0.6) is 0 Å². The first kappa shape index (κ1) is 22.1. The van der Waals surface area contributed by atoms with Gasteiger partial charge in [-0.1, -0.05) is 12.1 Å². The van der Waals surface area contributed by atoms with Crippen molar-refractivity contribution in [3.8, 4) is 11.1 Å². The molecule has 0 aliphatic carbocycles. The number of hydrogen-bond donors (Lipinski definition) is 1. The van der Waals surface area contributed by atoms with Crippen LogP contribution >= 0.6 is 0 Å². The van der Waals surface area contributed by atoms with Gasteiger partial charge in [-0.05, 0) is 62.6 Å². The Bertz CT molecular complexity index is 1230. The molecule has 0 aliphatic rings. The van der Waals surface area contributed by atoms with E-state index in [9.17, 15) is 4.79 Å². The first-order valence-electron chi connectivity index (χ1n) is 10.7. The maximum atomic E-state index is 12.5. The molecule has 0 unspecified atom stereocenters. The number of benzene rings is 1. The van der Waals surface area contributed by atoms with Gasteiger partial charge >= 0.3 is 0 Å². The molecule has 0 saturated carbocycles.